The molecule has 0 aliphatic carbocycles. The first-order valence-electron chi connectivity index (χ1n) is 14.2. The number of hydrogen-bond acceptors (Lipinski definition) is 9. The van der Waals surface area contributed by atoms with Crippen molar-refractivity contribution in [3.05, 3.63) is 53.2 Å². The first kappa shape index (κ1) is 29.0. The molecule has 3 aliphatic rings. The van der Waals surface area contributed by atoms with Crippen molar-refractivity contribution in [2.45, 2.75) is 58.1 Å². The summed E-state index contributed by atoms with van der Waals surface area (Å²) >= 11 is 0. The molecule has 2 saturated heterocycles. The van der Waals surface area contributed by atoms with Crippen LogP contribution in [0.4, 0.5) is 10.6 Å². The number of nitrogens with one attached hydrogen (secondary N) is 1. The summed E-state index contributed by atoms with van der Waals surface area (Å²) in [6.45, 7) is 8.48. The number of carbonyl (C=O) groups is 5. The Balaban J connectivity index is 1.08. The highest BCUT2D eigenvalue weighted by Crippen LogP contribution is 2.30. The van der Waals surface area contributed by atoms with Crippen LogP contribution >= 0.6 is 0 Å². The number of nitrogens with zero attached hydrogens (tertiary/aromatic N) is 4. The van der Waals surface area contributed by atoms with Crippen LogP contribution in [0, 0.1) is 0 Å². The van der Waals surface area contributed by atoms with Gasteiger partial charge >= 0.3 is 6.09 Å². The fraction of sp³-hybridized carbons (Fsp3) is 0.467. The Hall–Kier alpha value is -4.48. The average molecular weight is 578 g/mol. The minimum Gasteiger partial charge on any atom is -0.494 e. The molecule has 2 aromatic rings. The van der Waals surface area contributed by atoms with E-state index in [0.717, 1.165) is 22.7 Å². The Morgan fingerprint density at radius 3 is 2.40 bits per heavy atom. The van der Waals surface area contributed by atoms with Crippen LogP contribution < -0.4 is 15.0 Å². The Morgan fingerprint density at radius 2 is 1.74 bits per heavy atom. The zero-order chi connectivity index (χ0) is 30.0. The highest BCUT2D eigenvalue weighted by molar-refractivity contribution is 6.23. The van der Waals surface area contributed by atoms with Crippen molar-refractivity contribution in [2.75, 3.05) is 37.7 Å². The number of amides is 5. The Kier molecular flexibility index (Phi) is 8.15. The predicted molar refractivity (Wildman–Crippen MR) is 151 cm³/mol. The summed E-state index contributed by atoms with van der Waals surface area (Å²) in [5.74, 6) is -0.836. The summed E-state index contributed by atoms with van der Waals surface area (Å²) in [5, 5.41) is 2.19. The number of ether oxygens (including phenoxy) is 2. The molecule has 222 valence electrons. The quantitative estimate of drug-likeness (QED) is 0.389. The van der Waals surface area contributed by atoms with E-state index in [1.54, 1.807) is 11.0 Å². The summed E-state index contributed by atoms with van der Waals surface area (Å²) in [5.41, 5.74) is 0.950. The third kappa shape index (κ3) is 6.37. The maximum Gasteiger partial charge on any atom is 0.410 e. The number of pyridine rings is 1. The van der Waals surface area contributed by atoms with E-state index in [-0.39, 0.29) is 30.1 Å². The van der Waals surface area contributed by atoms with Gasteiger partial charge in [0.25, 0.3) is 11.8 Å². The van der Waals surface area contributed by atoms with Gasteiger partial charge in [-0.05, 0) is 69.9 Å². The standard InChI is InChI=1S/C30H35N5O7/c1-30(2,3)42-29(40)34-14-12-33(13-15-34)24-10-6-19(18-31-24)5-4-16-41-20-7-8-21-22(17-20)28(39)35(27(21)38)23-9-11-25(36)32-26(23)37/h6-8,10,17-18,23H,4-5,9,11-16H2,1-3H3,(H,32,36,37). The largest absolute Gasteiger partial charge is 0.494 e. The molecule has 2 fully saturated rings. The van der Waals surface area contributed by atoms with E-state index in [1.807, 2.05) is 39.1 Å². The smallest absolute Gasteiger partial charge is 0.410 e. The van der Waals surface area contributed by atoms with E-state index in [0.29, 0.717) is 45.0 Å². The van der Waals surface area contributed by atoms with Crippen LogP contribution in [0.5, 0.6) is 5.75 Å². The topological polar surface area (TPSA) is 138 Å². The van der Waals surface area contributed by atoms with Gasteiger partial charge in [0, 0.05) is 38.8 Å². The zero-order valence-corrected chi connectivity index (χ0v) is 24.1. The maximum atomic E-state index is 13.0. The maximum absolute atomic E-state index is 13.0. The molecule has 4 heterocycles. The first-order valence-corrected chi connectivity index (χ1v) is 14.2. The number of piperidine rings is 1. The molecule has 0 saturated carbocycles. The Labute approximate surface area is 243 Å². The highest BCUT2D eigenvalue weighted by Gasteiger charge is 2.44. The number of rotatable bonds is 7. The van der Waals surface area contributed by atoms with Crippen molar-refractivity contribution >= 4 is 35.5 Å². The van der Waals surface area contributed by atoms with Gasteiger partial charge in [-0.2, -0.15) is 0 Å². The van der Waals surface area contributed by atoms with Crippen molar-refractivity contribution in [3.63, 3.8) is 0 Å². The minimum atomic E-state index is -0.999. The number of piperazine rings is 1. The lowest BCUT2D eigenvalue weighted by Crippen LogP contribution is -2.54. The fourth-order valence-electron chi connectivity index (χ4n) is 5.20. The Morgan fingerprint density at radius 1 is 1.00 bits per heavy atom. The SMILES string of the molecule is CC(C)(C)OC(=O)N1CCN(c2ccc(CCCOc3ccc4c(c3)C(=O)N(C3CCC(=O)NC3=O)C4=O)cn2)CC1. The van der Waals surface area contributed by atoms with Crippen LogP contribution in [-0.2, 0) is 20.7 Å². The molecular formula is C30H35N5O7. The van der Waals surface area contributed by atoms with Crippen molar-refractivity contribution in [2.24, 2.45) is 0 Å². The minimum absolute atomic E-state index is 0.0727. The number of imide groups is 2. The first-order chi connectivity index (χ1) is 20.0. The molecular weight excluding hydrogens is 542 g/mol. The predicted octanol–water partition coefficient (Wildman–Crippen LogP) is 2.55. The van der Waals surface area contributed by atoms with Crippen LogP contribution in [0.1, 0.15) is 66.3 Å². The lowest BCUT2D eigenvalue weighted by atomic mass is 10.0. The van der Waals surface area contributed by atoms with Gasteiger partial charge in [-0.1, -0.05) is 6.07 Å². The number of aryl methyl sites for hydroxylation is 1. The van der Waals surface area contributed by atoms with Gasteiger partial charge in [0.05, 0.1) is 17.7 Å². The third-order valence-electron chi connectivity index (χ3n) is 7.35. The second-order valence-corrected chi connectivity index (χ2v) is 11.6. The van der Waals surface area contributed by atoms with Gasteiger partial charge in [-0.15, -0.1) is 0 Å². The molecule has 5 amide bonds. The Bertz CT molecular complexity index is 1390. The summed E-state index contributed by atoms with van der Waals surface area (Å²) in [4.78, 5) is 71.2. The summed E-state index contributed by atoms with van der Waals surface area (Å²) in [7, 11) is 0. The molecule has 5 rings (SSSR count). The van der Waals surface area contributed by atoms with Gasteiger partial charge in [-0.25, -0.2) is 9.78 Å². The molecule has 1 unspecified atom stereocenters. The van der Waals surface area contributed by atoms with Crippen LogP contribution in [0.3, 0.4) is 0 Å². The number of benzene rings is 1. The number of carbonyl (C=O) groups excluding carboxylic acids is 5. The summed E-state index contributed by atoms with van der Waals surface area (Å²) in [6, 6.07) is 7.72. The van der Waals surface area contributed by atoms with Crippen molar-refractivity contribution in [1.29, 1.82) is 0 Å². The summed E-state index contributed by atoms with van der Waals surface area (Å²) in [6.07, 6.45) is 3.19. The van der Waals surface area contributed by atoms with Gasteiger partial charge in [0.2, 0.25) is 11.8 Å². The number of fused-ring (bicyclic) bond motifs is 1. The van der Waals surface area contributed by atoms with Crippen molar-refractivity contribution < 1.29 is 33.4 Å². The van der Waals surface area contributed by atoms with Crippen molar-refractivity contribution in [3.8, 4) is 5.75 Å². The molecule has 0 bridgehead atoms. The van der Waals surface area contributed by atoms with Gasteiger partial charge in [-0.3, -0.25) is 29.4 Å². The molecule has 12 nitrogen and oxygen atoms in total. The van der Waals surface area contributed by atoms with Crippen LogP contribution in [0.25, 0.3) is 0 Å². The van der Waals surface area contributed by atoms with E-state index in [1.165, 1.54) is 12.1 Å². The average Bonchev–Trinajstić information content (AvgIpc) is 3.19. The number of hydrogen-bond donors (Lipinski definition) is 1. The lowest BCUT2D eigenvalue weighted by molar-refractivity contribution is -0.136. The molecule has 3 aliphatic heterocycles. The summed E-state index contributed by atoms with van der Waals surface area (Å²) < 4.78 is 11.3. The van der Waals surface area contributed by atoms with Gasteiger partial charge < -0.3 is 19.3 Å². The monoisotopic (exact) mass is 577 g/mol. The highest BCUT2D eigenvalue weighted by atomic mass is 16.6. The molecule has 0 radical (unpaired) electrons. The normalized spacial score (nSPS) is 19.1. The van der Waals surface area contributed by atoms with E-state index in [9.17, 15) is 24.0 Å². The molecule has 12 heteroatoms. The second-order valence-electron chi connectivity index (χ2n) is 11.6. The van der Waals surface area contributed by atoms with Gasteiger partial charge in [0.15, 0.2) is 0 Å². The fourth-order valence-corrected chi connectivity index (χ4v) is 5.20. The van der Waals surface area contributed by atoms with Crippen LogP contribution in [0.2, 0.25) is 0 Å². The molecule has 42 heavy (non-hydrogen) atoms. The molecule has 1 aromatic heterocycles. The van der Waals surface area contributed by atoms with Gasteiger partial charge in [0.1, 0.15) is 23.2 Å². The zero-order valence-electron chi connectivity index (χ0n) is 24.1. The van der Waals surface area contributed by atoms with Crippen molar-refractivity contribution in [1.82, 2.24) is 20.1 Å². The molecule has 1 N–H and O–H groups in total. The second kappa shape index (κ2) is 11.8. The third-order valence-corrected chi connectivity index (χ3v) is 7.35. The van der Waals surface area contributed by atoms with E-state index < -0.39 is 35.3 Å². The van der Waals surface area contributed by atoms with Crippen LogP contribution in [0.15, 0.2) is 36.5 Å². The van der Waals surface area contributed by atoms with E-state index in [4.69, 9.17) is 9.47 Å². The molecule has 1 aromatic carbocycles. The van der Waals surface area contributed by atoms with E-state index in [2.05, 4.69) is 15.2 Å². The molecule has 0 spiro atoms. The van der Waals surface area contributed by atoms with E-state index >= 15 is 0 Å². The number of anilines is 1. The van der Waals surface area contributed by atoms with Crippen LogP contribution in [-0.4, -0.2) is 88.9 Å². The lowest BCUT2D eigenvalue weighted by Gasteiger charge is -2.36. The number of aromatic nitrogens is 1. The molecule has 1 atom stereocenters.